The number of amides is 1. The number of hydrogen-bond donors (Lipinski definition) is 1. The molecule has 19 heavy (non-hydrogen) atoms. The van der Waals surface area contributed by atoms with Gasteiger partial charge in [0.2, 0.25) is 0 Å². The van der Waals surface area contributed by atoms with Crippen LogP contribution in [0.25, 0.3) is 0 Å². The van der Waals surface area contributed by atoms with E-state index in [9.17, 15) is 4.79 Å². The Morgan fingerprint density at radius 3 is 3.05 bits per heavy atom. The minimum Gasteiger partial charge on any atom is -0.396 e. The average molecular weight is 282 g/mol. The first-order chi connectivity index (χ1) is 9.24. The second kappa shape index (κ2) is 6.92. The Balaban J connectivity index is 2.05. The van der Waals surface area contributed by atoms with Crippen molar-refractivity contribution in [1.29, 1.82) is 0 Å². The monoisotopic (exact) mass is 281 g/mol. The summed E-state index contributed by atoms with van der Waals surface area (Å²) in [6, 6.07) is 7.51. The fraction of sp³-hybridized carbons (Fsp3) is 0.533. The molecule has 1 aromatic carbocycles. The Morgan fingerprint density at radius 1 is 1.47 bits per heavy atom. The highest BCUT2D eigenvalue weighted by molar-refractivity contribution is 6.17. The number of benzene rings is 1. The molecule has 1 saturated heterocycles. The number of carbonyl (C=O) groups is 1. The topological polar surface area (TPSA) is 40.5 Å². The second-order valence-electron chi connectivity index (χ2n) is 5.11. The van der Waals surface area contributed by atoms with E-state index in [0.29, 0.717) is 17.4 Å². The zero-order valence-corrected chi connectivity index (χ0v) is 11.8. The average Bonchev–Trinajstić information content (AvgIpc) is 2.47. The molecule has 1 aliphatic heterocycles. The molecular weight excluding hydrogens is 262 g/mol. The van der Waals surface area contributed by atoms with Gasteiger partial charge in [0.25, 0.3) is 5.91 Å². The van der Waals surface area contributed by atoms with Crippen molar-refractivity contribution >= 4 is 17.5 Å². The summed E-state index contributed by atoms with van der Waals surface area (Å²) in [7, 11) is 0. The number of alkyl halides is 1. The largest absolute Gasteiger partial charge is 0.396 e. The molecule has 1 unspecified atom stereocenters. The van der Waals surface area contributed by atoms with Crippen LogP contribution in [0.15, 0.2) is 24.3 Å². The fourth-order valence-electron chi connectivity index (χ4n) is 2.64. The quantitative estimate of drug-likeness (QED) is 0.862. The molecule has 1 aromatic rings. The summed E-state index contributed by atoms with van der Waals surface area (Å²) in [5.41, 5.74) is 1.68. The van der Waals surface area contributed by atoms with Crippen LogP contribution in [0.5, 0.6) is 0 Å². The summed E-state index contributed by atoms with van der Waals surface area (Å²) in [6.45, 7) is 1.77. The van der Waals surface area contributed by atoms with Crippen molar-refractivity contribution < 1.29 is 9.90 Å². The summed E-state index contributed by atoms with van der Waals surface area (Å²) in [5, 5.41) is 9.01. The van der Waals surface area contributed by atoms with E-state index in [1.54, 1.807) is 0 Å². The summed E-state index contributed by atoms with van der Waals surface area (Å²) in [6.07, 6.45) is 2.91. The summed E-state index contributed by atoms with van der Waals surface area (Å²) >= 11 is 5.80. The maximum Gasteiger partial charge on any atom is 0.253 e. The molecule has 1 N–H and O–H groups in total. The minimum atomic E-state index is 0.0783. The zero-order valence-electron chi connectivity index (χ0n) is 11.0. The Labute approximate surface area is 119 Å². The van der Waals surface area contributed by atoms with E-state index < -0.39 is 0 Å². The SMILES string of the molecule is O=C(c1cccc(CCl)c1)N1CCCC(CCO)C1. The molecule has 1 atom stereocenters. The number of piperidine rings is 1. The molecule has 0 spiro atoms. The number of nitrogens with zero attached hydrogens (tertiary/aromatic N) is 1. The van der Waals surface area contributed by atoms with E-state index in [0.717, 1.165) is 37.9 Å². The van der Waals surface area contributed by atoms with Gasteiger partial charge in [-0.25, -0.2) is 0 Å². The number of likely N-dealkylation sites (tertiary alicyclic amines) is 1. The van der Waals surface area contributed by atoms with Crippen LogP contribution in [0.4, 0.5) is 0 Å². The summed E-state index contributed by atoms with van der Waals surface area (Å²) in [5.74, 6) is 0.933. The lowest BCUT2D eigenvalue weighted by Gasteiger charge is -2.32. The third-order valence-electron chi connectivity index (χ3n) is 3.67. The van der Waals surface area contributed by atoms with Gasteiger partial charge in [-0.15, -0.1) is 11.6 Å². The molecule has 0 radical (unpaired) electrons. The van der Waals surface area contributed by atoms with E-state index in [1.807, 2.05) is 29.2 Å². The van der Waals surface area contributed by atoms with E-state index in [1.165, 1.54) is 0 Å². The lowest BCUT2D eigenvalue weighted by molar-refractivity contribution is 0.0653. The van der Waals surface area contributed by atoms with Crippen LogP contribution in [-0.2, 0) is 5.88 Å². The third kappa shape index (κ3) is 3.71. The first-order valence-electron chi connectivity index (χ1n) is 6.79. The number of carbonyl (C=O) groups excluding carboxylic acids is 1. The van der Waals surface area contributed by atoms with Gasteiger partial charge in [0, 0.05) is 31.1 Å². The van der Waals surface area contributed by atoms with Crippen LogP contribution >= 0.6 is 11.6 Å². The smallest absolute Gasteiger partial charge is 0.253 e. The maximum absolute atomic E-state index is 12.4. The van der Waals surface area contributed by atoms with Crippen molar-refractivity contribution in [3.8, 4) is 0 Å². The van der Waals surface area contributed by atoms with Crippen LogP contribution in [-0.4, -0.2) is 35.6 Å². The van der Waals surface area contributed by atoms with Crippen molar-refractivity contribution in [3.05, 3.63) is 35.4 Å². The number of rotatable bonds is 4. The number of halogens is 1. The Bertz CT molecular complexity index is 434. The first kappa shape index (κ1) is 14.4. The van der Waals surface area contributed by atoms with Crippen molar-refractivity contribution in [3.63, 3.8) is 0 Å². The molecule has 1 heterocycles. The number of aliphatic hydroxyl groups is 1. The highest BCUT2D eigenvalue weighted by Gasteiger charge is 2.24. The molecule has 1 amide bonds. The number of hydrogen-bond acceptors (Lipinski definition) is 2. The zero-order chi connectivity index (χ0) is 13.7. The van der Waals surface area contributed by atoms with Gasteiger partial charge in [0.05, 0.1) is 0 Å². The van der Waals surface area contributed by atoms with Gasteiger partial charge in [-0.3, -0.25) is 4.79 Å². The van der Waals surface area contributed by atoms with E-state index >= 15 is 0 Å². The third-order valence-corrected chi connectivity index (χ3v) is 3.98. The lowest BCUT2D eigenvalue weighted by Crippen LogP contribution is -2.40. The van der Waals surface area contributed by atoms with Gasteiger partial charge < -0.3 is 10.0 Å². The Morgan fingerprint density at radius 2 is 2.32 bits per heavy atom. The Hall–Kier alpha value is -1.06. The molecule has 2 rings (SSSR count). The van der Waals surface area contributed by atoms with E-state index in [2.05, 4.69) is 0 Å². The highest BCUT2D eigenvalue weighted by atomic mass is 35.5. The fourth-order valence-corrected chi connectivity index (χ4v) is 2.80. The molecule has 0 aliphatic carbocycles. The molecule has 4 heteroatoms. The van der Waals surface area contributed by atoms with Gasteiger partial charge in [-0.1, -0.05) is 12.1 Å². The molecule has 3 nitrogen and oxygen atoms in total. The second-order valence-corrected chi connectivity index (χ2v) is 5.37. The van der Waals surface area contributed by atoms with Gasteiger partial charge >= 0.3 is 0 Å². The minimum absolute atomic E-state index is 0.0783. The molecule has 0 saturated carbocycles. The first-order valence-corrected chi connectivity index (χ1v) is 7.33. The van der Waals surface area contributed by atoms with Crippen LogP contribution in [0.2, 0.25) is 0 Å². The summed E-state index contributed by atoms with van der Waals surface area (Å²) in [4.78, 5) is 14.3. The molecular formula is C15H20ClNO2. The van der Waals surface area contributed by atoms with Crippen LogP contribution in [0, 0.1) is 5.92 Å². The van der Waals surface area contributed by atoms with Crippen molar-refractivity contribution in [2.75, 3.05) is 19.7 Å². The number of aliphatic hydroxyl groups excluding tert-OH is 1. The van der Waals surface area contributed by atoms with E-state index in [4.69, 9.17) is 16.7 Å². The van der Waals surface area contributed by atoms with Crippen molar-refractivity contribution in [2.24, 2.45) is 5.92 Å². The highest BCUT2D eigenvalue weighted by Crippen LogP contribution is 2.21. The van der Waals surface area contributed by atoms with Crippen LogP contribution in [0.3, 0.4) is 0 Å². The van der Waals surface area contributed by atoms with Crippen molar-refractivity contribution in [2.45, 2.75) is 25.1 Å². The molecule has 104 valence electrons. The molecule has 0 aromatic heterocycles. The summed E-state index contributed by atoms with van der Waals surface area (Å²) < 4.78 is 0. The van der Waals surface area contributed by atoms with Gasteiger partial charge in [0.15, 0.2) is 0 Å². The van der Waals surface area contributed by atoms with Gasteiger partial charge in [-0.2, -0.15) is 0 Å². The maximum atomic E-state index is 12.4. The van der Waals surface area contributed by atoms with Crippen molar-refractivity contribution in [1.82, 2.24) is 4.90 Å². The van der Waals surface area contributed by atoms with Crippen LogP contribution in [0.1, 0.15) is 35.2 Å². The van der Waals surface area contributed by atoms with Gasteiger partial charge in [-0.05, 0) is 42.9 Å². The Kier molecular flexibility index (Phi) is 5.23. The molecule has 1 fully saturated rings. The molecule has 1 aliphatic rings. The predicted octanol–water partition coefficient (Wildman–Crippen LogP) is 2.66. The van der Waals surface area contributed by atoms with Crippen LogP contribution < -0.4 is 0 Å². The normalized spacial score (nSPS) is 19.5. The standard InChI is InChI=1S/C15H20ClNO2/c16-10-13-3-1-5-14(9-13)15(19)17-7-2-4-12(11-17)6-8-18/h1,3,5,9,12,18H,2,4,6-8,10-11H2. The van der Waals surface area contributed by atoms with E-state index in [-0.39, 0.29) is 12.5 Å². The van der Waals surface area contributed by atoms with Gasteiger partial charge in [0.1, 0.15) is 0 Å². The predicted molar refractivity (Wildman–Crippen MR) is 76.3 cm³/mol. The lowest BCUT2D eigenvalue weighted by atomic mass is 9.94. The molecule has 0 bridgehead atoms.